The fraction of sp³-hybridized carbons (Fsp3) is 0.900. The average molecular weight is 173 g/mol. The van der Waals surface area contributed by atoms with Crippen LogP contribution < -0.4 is 0 Å². The van der Waals surface area contributed by atoms with Crippen molar-refractivity contribution in [2.24, 2.45) is 0 Å². The summed E-state index contributed by atoms with van der Waals surface area (Å²) in [5.74, 6) is 0. The Kier molecular flexibility index (Phi) is 10.8. The maximum Gasteiger partial charge on any atom is 0.0466 e. The fourth-order valence-corrected chi connectivity index (χ4v) is 0.859. The third-order valence-corrected chi connectivity index (χ3v) is 1.61. The van der Waals surface area contributed by atoms with Gasteiger partial charge in [0.15, 0.2) is 0 Å². The molecular weight excluding hydrogens is 152 g/mol. The molecule has 1 radical (unpaired) electrons. The normalized spacial score (nSPS) is 10.5. The van der Waals surface area contributed by atoms with Crippen LogP contribution in [0.2, 0.25) is 0 Å². The van der Waals surface area contributed by atoms with Crippen LogP contribution in [0.4, 0.5) is 0 Å². The Hall–Kier alpha value is -0.0800. The first-order chi connectivity index (χ1) is 5.91. The molecule has 0 N–H and O–H groups in total. The molecule has 0 unspecified atom stereocenters. The van der Waals surface area contributed by atoms with Crippen molar-refractivity contribution >= 4 is 0 Å². The summed E-state index contributed by atoms with van der Waals surface area (Å²) >= 11 is 0. The average Bonchev–Trinajstić information content (AvgIpc) is 2.10. The lowest BCUT2D eigenvalue weighted by atomic mass is 10.3. The van der Waals surface area contributed by atoms with E-state index in [0.717, 1.165) is 32.7 Å². The third-order valence-electron chi connectivity index (χ3n) is 1.61. The summed E-state index contributed by atoms with van der Waals surface area (Å²) in [5.41, 5.74) is 0. The number of hydrogen-bond acceptors (Lipinski definition) is 2. The van der Waals surface area contributed by atoms with E-state index in [2.05, 4.69) is 13.8 Å². The molecule has 0 saturated heterocycles. The zero-order valence-electron chi connectivity index (χ0n) is 8.18. The second-order valence-electron chi connectivity index (χ2n) is 2.79. The molecule has 0 saturated carbocycles. The minimum Gasteiger partial charge on any atom is -0.381 e. The number of unbranched alkanes of at least 4 members (excludes halogenated alkanes) is 2. The van der Waals surface area contributed by atoms with Crippen LogP contribution in [0.25, 0.3) is 0 Å². The van der Waals surface area contributed by atoms with Crippen LogP contribution >= 0.6 is 0 Å². The zero-order chi connectivity index (χ0) is 9.07. The van der Waals surface area contributed by atoms with Crippen LogP contribution in [0.3, 0.4) is 0 Å². The summed E-state index contributed by atoms with van der Waals surface area (Å²) in [6, 6.07) is 0. The van der Waals surface area contributed by atoms with E-state index in [1.165, 1.54) is 12.8 Å². The van der Waals surface area contributed by atoms with E-state index in [0.29, 0.717) is 6.61 Å². The van der Waals surface area contributed by atoms with Crippen LogP contribution in [0.15, 0.2) is 0 Å². The van der Waals surface area contributed by atoms with Crippen molar-refractivity contribution in [3.63, 3.8) is 0 Å². The maximum absolute atomic E-state index is 5.38. The van der Waals surface area contributed by atoms with Crippen molar-refractivity contribution in [1.82, 2.24) is 0 Å². The molecule has 0 aromatic rings. The predicted molar refractivity (Wildman–Crippen MR) is 51.1 cm³/mol. The molecule has 0 aliphatic rings. The SMILES string of the molecule is [CH2]COCCCCOCCCC. The van der Waals surface area contributed by atoms with E-state index in [1.54, 1.807) is 0 Å². The second kappa shape index (κ2) is 10.9. The van der Waals surface area contributed by atoms with Crippen molar-refractivity contribution in [2.45, 2.75) is 32.6 Å². The van der Waals surface area contributed by atoms with Crippen LogP contribution in [-0.4, -0.2) is 26.4 Å². The lowest BCUT2D eigenvalue weighted by Gasteiger charge is -2.02. The molecule has 0 aliphatic carbocycles. The summed E-state index contributed by atoms with van der Waals surface area (Å²) in [7, 11) is 0. The first-order valence-corrected chi connectivity index (χ1v) is 4.86. The van der Waals surface area contributed by atoms with Gasteiger partial charge >= 0.3 is 0 Å². The highest BCUT2D eigenvalue weighted by Gasteiger charge is 1.89. The van der Waals surface area contributed by atoms with Crippen LogP contribution in [0, 0.1) is 6.92 Å². The Bertz CT molecular complexity index is 64.2. The van der Waals surface area contributed by atoms with Gasteiger partial charge in [-0.15, -0.1) is 0 Å². The van der Waals surface area contributed by atoms with E-state index in [1.807, 2.05) is 0 Å². The largest absolute Gasteiger partial charge is 0.381 e. The van der Waals surface area contributed by atoms with Gasteiger partial charge in [-0.25, -0.2) is 0 Å². The quantitative estimate of drug-likeness (QED) is 0.499. The number of hydrogen-bond donors (Lipinski definition) is 0. The molecule has 0 aromatic heterocycles. The summed E-state index contributed by atoms with van der Waals surface area (Å²) < 4.78 is 10.5. The zero-order valence-corrected chi connectivity index (χ0v) is 8.18. The molecule has 0 atom stereocenters. The van der Waals surface area contributed by atoms with E-state index in [9.17, 15) is 0 Å². The molecule has 2 nitrogen and oxygen atoms in total. The van der Waals surface area contributed by atoms with Crippen LogP contribution in [-0.2, 0) is 9.47 Å². The molecular formula is C10H21O2. The highest BCUT2D eigenvalue weighted by molar-refractivity contribution is 4.39. The summed E-state index contributed by atoms with van der Waals surface area (Å²) in [4.78, 5) is 0. The molecule has 0 aromatic carbocycles. The van der Waals surface area contributed by atoms with Gasteiger partial charge in [0.05, 0.1) is 0 Å². The summed E-state index contributed by atoms with van der Waals surface area (Å²) in [6.45, 7) is 8.95. The third kappa shape index (κ3) is 9.92. The van der Waals surface area contributed by atoms with Crippen molar-refractivity contribution in [1.29, 1.82) is 0 Å². The standard InChI is InChI=1S/C10H21O2/c1-3-5-8-12-10-7-6-9-11-4-2/h2-10H2,1H3. The molecule has 0 fully saturated rings. The Morgan fingerprint density at radius 3 is 2.08 bits per heavy atom. The Balaban J connectivity index is 2.73. The second-order valence-corrected chi connectivity index (χ2v) is 2.79. The van der Waals surface area contributed by atoms with Gasteiger partial charge in [0.25, 0.3) is 0 Å². The van der Waals surface area contributed by atoms with Gasteiger partial charge < -0.3 is 9.47 Å². The molecule has 0 amide bonds. The minimum absolute atomic E-state index is 0.580. The van der Waals surface area contributed by atoms with Gasteiger partial charge in [-0.1, -0.05) is 13.3 Å². The van der Waals surface area contributed by atoms with Crippen molar-refractivity contribution in [3.05, 3.63) is 6.92 Å². The molecule has 0 spiro atoms. The first kappa shape index (κ1) is 11.9. The van der Waals surface area contributed by atoms with Gasteiger partial charge in [0.1, 0.15) is 0 Å². The number of ether oxygens (including phenoxy) is 2. The van der Waals surface area contributed by atoms with Gasteiger partial charge in [0.2, 0.25) is 0 Å². The highest BCUT2D eigenvalue weighted by Crippen LogP contribution is 1.93. The Morgan fingerprint density at radius 2 is 1.50 bits per heavy atom. The van der Waals surface area contributed by atoms with Crippen LogP contribution in [0.1, 0.15) is 32.6 Å². The number of rotatable bonds is 9. The monoisotopic (exact) mass is 173 g/mol. The van der Waals surface area contributed by atoms with Gasteiger partial charge in [-0.3, -0.25) is 0 Å². The lowest BCUT2D eigenvalue weighted by molar-refractivity contribution is 0.110. The summed E-state index contributed by atoms with van der Waals surface area (Å²) in [6.07, 6.45) is 4.57. The summed E-state index contributed by atoms with van der Waals surface area (Å²) in [5, 5.41) is 0. The Morgan fingerprint density at radius 1 is 0.917 bits per heavy atom. The van der Waals surface area contributed by atoms with Crippen molar-refractivity contribution < 1.29 is 9.47 Å². The molecule has 0 heterocycles. The highest BCUT2D eigenvalue weighted by atomic mass is 16.5. The van der Waals surface area contributed by atoms with Crippen LogP contribution in [0.5, 0.6) is 0 Å². The lowest BCUT2D eigenvalue weighted by Crippen LogP contribution is -1.99. The first-order valence-electron chi connectivity index (χ1n) is 4.86. The van der Waals surface area contributed by atoms with Crippen molar-refractivity contribution in [3.8, 4) is 0 Å². The molecule has 12 heavy (non-hydrogen) atoms. The van der Waals surface area contributed by atoms with Gasteiger partial charge in [-0.2, -0.15) is 0 Å². The molecule has 0 rings (SSSR count). The van der Waals surface area contributed by atoms with E-state index < -0.39 is 0 Å². The molecule has 0 aliphatic heterocycles. The fourth-order valence-electron chi connectivity index (χ4n) is 0.859. The molecule has 73 valence electrons. The van der Waals surface area contributed by atoms with Gasteiger partial charge in [0, 0.05) is 26.4 Å². The maximum atomic E-state index is 5.38. The van der Waals surface area contributed by atoms with E-state index in [4.69, 9.17) is 9.47 Å². The molecule has 2 heteroatoms. The van der Waals surface area contributed by atoms with E-state index >= 15 is 0 Å². The predicted octanol–water partition coefficient (Wildman–Crippen LogP) is 2.43. The minimum atomic E-state index is 0.580. The smallest absolute Gasteiger partial charge is 0.0466 e. The van der Waals surface area contributed by atoms with E-state index in [-0.39, 0.29) is 0 Å². The Labute approximate surface area is 76.3 Å². The van der Waals surface area contributed by atoms with Crippen molar-refractivity contribution in [2.75, 3.05) is 26.4 Å². The topological polar surface area (TPSA) is 18.5 Å². The molecule has 0 bridgehead atoms. The van der Waals surface area contributed by atoms with Gasteiger partial charge in [-0.05, 0) is 26.2 Å².